The molecule has 26 heavy (non-hydrogen) atoms. The average Bonchev–Trinajstić information content (AvgIpc) is 3.13. The summed E-state index contributed by atoms with van der Waals surface area (Å²) in [4.78, 5) is 25.3. The summed E-state index contributed by atoms with van der Waals surface area (Å²) in [7, 11) is 0. The zero-order valence-electron chi connectivity index (χ0n) is 15.9. The van der Waals surface area contributed by atoms with Crippen LogP contribution in [-0.4, -0.2) is 48.2 Å². The molecule has 1 aliphatic heterocycles. The summed E-state index contributed by atoms with van der Waals surface area (Å²) in [6.45, 7) is 6.43. The fourth-order valence-electron chi connectivity index (χ4n) is 3.17. The van der Waals surface area contributed by atoms with Crippen LogP contribution in [0.5, 0.6) is 0 Å². The topological polar surface area (TPSA) is 90.5 Å². The lowest BCUT2D eigenvalue weighted by Crippen LogP contribution is -2.58. The van der Waals surface area contributed by atoms with Gasteiger partial charge in [0.25, 0.3) is 0 Å². The summed E-state index contributed by atoms with van der Waals surface area (Å²) < 4.78 is 0. The van der Waals surface area contributed by atoms with Gasteiger partial charge in [0.1, 0.15) is 6.04 Å². The van der Waals surface area contributed by atoms with Gasteiger partial charge in [-0.1, -0.05) is 51.1 Å². The SMILES string of the molecule is CC(C)(C)[C@H](NC(=O)[C@@H]1CCCN1)C(=O)N[C@H](CO)Cc1ccccc1. The van der Waals surface area contributed by atoms with Crippen molar-refractivity contribution < 1.29 is 14.7 Å². The van der Waals surface area contributed by atoms with Crippen LogP contribution in [-0.2, 0) is 16.0 Å². The Kier molecular flexibility index (Phi) is 7.17. The molecular weight excluding hydrogens is 330 g/mol. The maximum atomic E-state index is 12.8. The van der Waals surface area contributed by atoms with Crippen LogP contribution in [0.3, 0.4) is 0 Å². The third-order valence-corrected chi connectivity index (χ3v) is 4.68. The Bertz CT molecular complexity index is 592. The Balaban J connectivity index is 2.01. The molecule has 1 fully saturated rings. The zero-order chi connectivity index (χ0) is 19.2. The van der Waals surface area contributed by atoms with E-state index in [2.05, 4.69) is 16.0 Å². The number of carbonyl (C=O) groups excluding carboxylic acids is 2. The van der Waals surface area contributed by atoms with E-state index in [9.17, 15) is 14.7 Å². The third kappa shape index (κ3) is 5.81. The molecule has 2 rings (SSSR count). The van der Waals surface area contributed by atoms with Crippen LogP contribution in [0.2, 0.25) is 0 Å². The van der Waals surface area contributed by atoms with Gasteiger partial charge in [0, 0.05) is 0 Å². The van der Waals surface area contributed by atoms with Crippen molar-refractivity contribution in [1.82, 2.24) is 16.0 Å². The number of nitrogens with one attached hydrogen (secondary N) is 3. The van der Waals surface area contributed by atoms with Gasteiger partial charge in [-0.05, 0) is 36.8 Å². The molecule has 144 valence electrons. The van der Waals surface area contributed by atoms with Crippen molar-refractivity contribution in [3.63, 3.8) is 0 Å². The van der Waals surface area contributed by atoms with Crippen LogP contribution in [0.1, 0.15) is 39.2 Å². The Labute approximate surface area is 155 Å². The first-order chi connectivity index (χ1) is 12.3. The van der Waals surface area contributed by atoms with E-state index < -0.39 is 17.5 Å². The Morgan fingerprint density at radius 2 is 1.92 bits per heavy atom. The summed E-state index contributed by atoms with van der Waals surface area (Å²) in [5, 5.41) is 18.6. The number of carbonyl (C=O) groups is 2. The van der Waals surface area contributed by atoms with E-state index in [0.29, 0.717) is 6.42 Å². The number of rotatable bonds is 7. The summed E-state index contributed by atoms with van der Waals surface area (Å²) in [6.07, 6.45) is 2.30. The largest absolute Gasteiger partial charge is 0.394 e. The van der Waals surface area contributed by atoms with Crippen molar-refractivity contribution in [2.45, 2.75) is 58.2 Å². The standard InChI is InChI=1S/C20H31N3O3/c1-20(2,3)17(23-18(25)16-10-7-11-21-16)19(26)22-15(13-24)12-14-8-5-4-6-9-14/h4-6,8-9,15-17,21,24H,7,10-13H2,1-3H3,(H,22,26)(H,23,25)/t15-,16-,17+/m0/s1. The zero-order valence-corrected chi connectivity index (χ0v) is 15.9. The highest BCUT2D eigenvalue weighted by Gasteiger charge is 2.35. The molecule has 6 nitrogen and oxygen atoms in total. The van der Waals surface area contributed by atoms with Crippen molar-refractivity contribution in [3.8, 4) is 0 Å². The predicted octanol–water partition coefficient (Wildman–Crippen LogP) is 0.989. The van der Waals surface area contributed by atoms with Crippen molar-refractivity contribution in [2.75, 3.05) is 13.2 Å². The van der Waals surface area contributed by atoms with Gasteiger partial charge in [-0.25, -0.2) is 0 Å². The number of aliphatic hydroxyl groups excluding tert-OH is 1. The monoisotopic (exact) mass is 361 g/mol. The van der Waals surface area contributed by atoms with Gasteiger partial charge in [0.2, 0.25) is 11.8 Å². The fourth-order valence-corrected chi connectivity index (χ4v) is 3.17. The number of hydrogen-bond acceptors (Lipinski definition) is 4. The number of aliphatic hydroxyl groups is 1. The first-order valence-corrected chi connectivity index (χ1v) is 9.30. The molecule has 6 heteroatoms. The number of benzene rings is 1. The van der Waals surface area contributed by atoms with Crippen LogP contribution in [0.4, 0.5) is 0 Å². The Hall–Kier alpha value is -1.92. The summed E-state index contributed by atoms with van der Waals surface area (Å²) in [5.41, 5.74) is 0.601. The van der Waals surface area contributed by atoms with Crippen LogP contribution >= 0.6 is 0 Å². The molecule has 4 N–H and O–H groups in total. The van der Waals surface area contributed by atoms with Crippen LogP contribution in [0.15, 0.2) is 30.3 Å². The maximum absolute atomic E-state index is 12.8. The van der Waals surface area contributed by atoms with E-state index in [4.69, 9.17) is 0 Å². The molecule has 2 amide bonds. The lowest BCUT2D eigenvalue weighted by atomic mass is 9.85. The van der Waals surface area contributed by atoms with Crippen LogP contribution in [0, 0.1) is 5.41 Å². The second-order valence-corrected chi connectivity index (χ2v) is 8.03. The summed E-state index contributed by atoms with van der Waals surface area (Å²) in [6, 6.07) is 8.42. The smallest absolute Gasteiger partial charge is 0.243 e. The van der Waals surface area contributed by atoms with Gasteiger partial charge < -0.3 is 21.1 Å². The van der Waals surface area contributed by atoms with Gasteiger partial charge in [-0.15, -0.1) is 0 Å². The van der Waals surface area contributed by atoms with E-state index in [1.54, 1.807) is 0 Å². The highest BCUT2D eigenvalue weighted by molar-refractivity contribution is 5.90. The van der Waals surface area contributed by atoms with Crippen molar-refractivity contribution >= 4 is 11.8 Å². The highest BCUT2D eigenvalue weighted by Crippen LogP contribution is 2.20. The average molecular weight is 361 g/mol. The molecule has 1 aliphatic rings. The molecule has 1 saturated heterocycles. The minimum Gasteiger partial charge on any atom is -0.394 e. The molecule has 0 radical (unpaired) electrons. The van der Waals surface area contributed by atoms with E-state index in [1.165, 1.54) is 0 Å². The number of hydrogen-bond donors (Lipinski definition) is 4. The minimum atomic E-state index is -0.665. The molecule has 0 spiro atoms. The normalized spacial score (nSPS) is 19.6. The molecule has 0 unspecified atom stereocenters. The number of amides is 2. The van der Waals surface area contributed by atoms with Gasteiger partial charge in [-0.2, -0.15) is 0 Å². The van der Waals surface area contributed by atoms with Crippen LogP contribution in [0.25, 0.3) is 0 Å². The molecule has 1 heterocycles. The highest BCUT2D eigenvalue weighted by atomic mass is 16.3. The van der Waals surface area contributed by atoms with E-state index >= 15 is 0 Å². The molecule has 0 saturated carbocycles. The molecule has 0 bridgehead atoms. The van der Waals surface area contributed by atoms with Gasteiger partial charge >= 0.3 is 0 Å². The second kappa shape index (κ2) is 9.14. The minimum absolute atomic E-state index is 0.138. The summed E-state index contributed by atoms with van der Waals surface area (Å²) >= 11 is 0. The quantitative estimate of drug-likeness (QED) is 0.583. The van der Waals surface area contributed by atoms with Crippen LogP contribution < -0.4 is 16.0 Å². The summed E-state index contributed by atoms with van der Waals surface area (Å²) in [5.74, 6) is -0.403. The van der Waals surface area contributed by atoms with Crippen molar-refractivity contribution in [1.29, 1.82) is 0 Å². The molecule has 1 aromatic carbocycles. The van der Waals surface area contributed by atoms with Gasteiger partial charge in [0.05, 0.1) is 18.7 Å². The second-order valence-electron chi connectivity index (χ2n) is 8.03. The fraction of sp³-hybridized carbons (Fsp3) is 0.600. The first-order valence-electron chi connectivity index (χ1n) is 9.30. The third-order valence-electron chi connectivity index (χ3n) is 4.68. The van der Waals surface area contributed by atoms with Crippen molar-refractivity contribution in [3.05, 3.63) is 35.9 Å². The predicted molar refractivity (Wildman–Crippen MR) is 102 cm³/mol. The lowest BCUT2D eigenvalue weighted by molar-refractivity contribution is -0.133. The Morgan fingerprint density at radius 1 is 1.23 bits per heavy atom. The van der Waals surface area contributed by atoms with Gasteiger partial charge in [-0.3, -0.25) is 9.59 Å². The maximum Gasteiger partial charge on any atom is 0.243 e. The van der Waals surface area contributed by atoms with E-state index in [-0.39, 0.29) is 24.5 Å². The van der Waals surface area contributed by atoms with Gasteiger partial charge in [0.15, 0.2) is 0 Å². The molecular formula is C20H31N3O3. The Morgan fingerprint density at radius 3 is 2.46 bits per heavy atom. The van der Waals surface area contributed by atoms with Crippen molar-refractivity contribution in [2.24, 2.45) is 5.41 Å². The molecule has 0 aliphatic carbocycles. The van der Waals surface area contributed by atoms with E-state index in [0.717, 1.165) is 24.9 Å². The first kappa shape index (κ1) is 20.4. The molecule has 0 aromatic heterocycles. The lowest BCUT2D eigenvalue weighted by Gasteiger charge is -2.32. The molecule has 3 atom stereocenters. The van der Waals surface area contributed by atoms with E-state index in [1.807, 2.05) is 51.1 Å². The molecule has 1 aromatic rings.